The molecule has 0 aliphatic carbocycles. The summed E-state index contributed by atoms with van der Waals surface area (Å²) in [5.74, 6) is 0.0837. The van der Waals surface area contributed by atoms with Crippen molar-refractivity contribution in [1.82, 2.24) is 4.90 Å². The van der Waals surface area contributed by atoms with Crippen molar-refractivity contribution in [1.29, 1.82) is 0 Å². The topological polar surface area (TPSA) is 52.6 Å². The van der Waals surface area contributed by atoms with Crippen molar-refractivity contribution in [2.75, 3.05) is 18.4 Å². The highest BCUT2D eigenvalue weighted by Crippen LogP contribution is 2.29. The number of aryl methyl sites for hydroxylation is 1. The Kier molecular flexibility index (Phi) is 9.63. The molecule has 0 radical (unpaired) electrons. The highest BCUT2D eigenvalue weighted by atomic mass is 35.5. The molecule has 4 nitrogen and oxygen atoms in total. The Labute approximate surface area is 202 Å². The van der Waals surface area contributed by atoms with Gasteiger partial charge in [0.2, 0.25) is 5.91 Å². The van der Waals surface area contributed by atoms with Crippen LogP contribution in [0.15, 0.2) is 48.7 Å². The summed E-state index contributed by atoms with van der Waals surface area (Å²) in [4.78, 5) is 14.8. The molecule has 174 valence electrons. The average molecular weight is 477 g/mol. The van der Waals surface area contributed by atoms with E-state index in [1.165, 1.54) is 11.1 Å². The number of aliphatic hydroxyl groups excluding tert-OH is 1. The number of nitrogens with zero attached hydrogens (tertiary/aromatic N) is 1. The smallest absolute Gasteiger partial charge is 0.238 e. The largest absolute Gasteiger partial charge is 0.512 e. The molecule has 0 heterocycles. The summed E-state index contributed by atoms with van der Waals surface area (Å²) in [6.07, 6.45) is 2.79. The molecular weight excluding hydrogens is 443 g/mol. The standard InChI is InChI=1S/C26H34Cl2N2O2/c1-6-7-12-30(17-25(32)29-24-11-10-22(27)14-23(24)28)16-20-8-9-21(18(2)13-20)15-26(4,5)19(3)31/h8-11,13-14,31H,3,6-7,12,15-17H2,1-2,4-5H3,(H,29,32). The van der Waals surface area contributed by atoms with Crippen molar-refractivity contribution in [3.63, 3.8) is 0 Å². The molecule has 0 saturated heterocycles. The first-order valence-corrected chi connectivity index (χ1v) is 11.7. The molecule has 0 unspecified atom stereocenters. The van der Waals surface area contributed by atoms with E-state index >= 15 is 0 Å². The first-order valence-electron chi connectivity index (χ1n) is 11.0. The molecule has 0 aliphatic heterocycles. The van der Waals surface area contributed by atoms with Crippen LogP contribution in [0.2, 0.25) is 10.0 Å². The van der Waals surface area contributed by atoms with Gasteiger partial charge in [0.05, 0.1) is 23.0 Å². The van der Waals surface area contributed by atoms with Crippen LogP contribution in [0.1, 0.15) is 50.3 Å². The zero-order valence-corrected chi connectivity index (χ0v) is 21.0. The lowest BCUT2D eigenvalue weighted by Gasteiger charge is -2.25. The molecule has 2 rings (SSSR count). The number of aliphatic hydroxyl groups is 1. The molecule has 0 aromatic heterocycles. The Bertz CT molecular complexity index is 957. The fourth-order valence-corrected chi connectivity index (χ4v) is 3.93. The van der Waals surface area contributed by atoms with Crippen LogP contribution in [0.5, 0.6) is 0 Å². The summed E-state index contributed by atoms with van der Waals surface area (Å²) < 4.78 is 0. The molecule has 0 bridgehead atoms. The molecule has 0 spiro atoms. The highest BCUT2D eigenvalue weighted by Gasteiger charge is 2.23. The highest BCUT2D eigenvalue weighted by molar-refractivity contribution is 6.36. The van der Waals surface area contributed by atoms with Gasteiger partial charge < -0.3 is 10.4 Å². The summed E-state index contributed by atoms with van der Waals surface area (Å²) in [7, 11) is 0. The summed E-state index contributed by atoms with van der Waals surface area (Å²) in [5.41, 5.74) is 3.69. The van der Waals surface area contributed by atoms with E-state index in [4.69, 9.17) is 23.2 Å². The third-order valence-corrected chi connectivity index (χ3v) is 6.17. The molecule has 0 aliphatic rings. The third-order valence-electron chi connectivity index (χ3n) is 5.63. The number of carbonyl (C=O) groups is 1. The van der Waals surface area contributed by atoms with E-state index < -0.39 is 0 Å². The Balaban J connectivity index is 2.08. The molecule has 0 saturated carbocycles. The van der Waals surface area contributed by atoms with Crippen molar-refractivity contribution in [3.05, 3.63) is 75.5 Å². The van der Waals surface area contributed by atoms with Crippen LogP contribution in [0.3, 0.4) is 0 Å². The van der Waals surface area contributed by atoms with E-state index in [2.05, 4.69) is 48.8 Å². The molecular formula is C26H34Cl2N2O2. The van der Waals surface area contributed by atoms with E-state index in [0.29, 0.717) is 22.3 Å². The van der Waals surface area contributed by atoms with Crippen LogP contribution in [0.4, 0.5) is 5.69 Å². The van der Waals surface area contributed by atoms with E-state index in [0.717, 1.165) is 31.4 Å². The van der Waals surface area contributed by atoms with E-state index in [1.54, 1.807) is 18.2 Å². The normalized spacial score (nSPS) is 11.6. The van der Waals surface area contributed by atoms with Gasteiger partial charge in [-0.3, -0.25) is 9.69 Å². The molecule has 1 amide bonds. The summed E-state index contributed by atoms with van der Waals surface area (Å²) in [6, 6.07) is 11.4. The number of anilines is 1. The Morgan fingerprint density at radius 3 is 2.50 bits per heavy atom. The van der Waals surface area contributed by atoms with Gasteiger partial charge in [-0.05, 0) is 61.2 Å². The minimum atomic E-state index is -0.375. The lowest BCUT2D eigenvalue weighted by molar-refractivity contribution is -0.117. The van der Waals surface area contributed by atoms with E-state index in [9.17, 15) is 9.90 Å². The fraction of sp³-hybridized carbons (Fsp3) is 0.423. The van der Waals surface area contributed by atoms with Crippen molar-refractivity contribution < 1.29 is 9.90 Å². The minimum Gasteiger partial charge on any atom is -0.512 e. The van der Waals surface area contributed by atoms with E-state index in [1.807, 2.05) is 13.8 Å². The number of benzene rings is 2. The minimum absolute atomic E-state index is 0.109. The zero-order valence-electron chi connectivity index (χ0n) is 19.5. The third kappa shape index (κ3) is 7.84. The lowest BCUT2D eigenvalue weighted by atomic mass is 9.83. The van der Waals surface area contributed by atoms with Gasteiger partial charge in [0.15, 0.2) is 0 Å². The maximum Gasteiger partial charge on any atom is 0.238 e. The van der Waals surface area contributed by atoms with Crippen LogP contribution in [-0.2, 0) is 17.8 Å². The van der Waals surface area contributed by atoms with Crippen LogP contribution in [0.25, 0.3) is 0 Å². The maximum absolute atomic E-state index is 12.7. The lowest BCUT2D eigenvalue weighted by Crippen LogP contribution is -2.33. The van der Waals surface area contributed by atoms with Gasteiger partial charge >= 0.3 is 0 Å². The van der Waals surface area contributed by atoms with Crippen LogP contribution >= 0.6 is 23.2 Å². The second-order valence-electron chi connectivity index (χ2n) is 9.00. The van der Waals surface area contributed by atoms with Gasteiger partial charge in [-0.1, -0.05) is 75.2 Å². The van der Waals surface area contributed by atoms with E-state index in [-0.39, 0.29) is 23.6 Å². The molecule has 6 heteroatoms. The first-order chi connectivity index (χ1) is 15.0. The zero-order chi connectivity index (χ0) is 23.9. The average Bonchev–Trinajstić information content (AvgIpc) is 2.70. The van der Waals surface area contributed by atoms with Crippen molar-refractivity contribution in [3.8, 4) is 0 Å². The molecule has 0 fully saturated rings. The second-order valence-corrected chi connectivity index (χ2v) is 9.85. The van der Waals surface area contributed by atoms with Crippen molar-refractivity contribution in [2.45, 2.75) is 53.5 Å². The van der Waals surface area contributed by atoms with Crippen LogP contribution < -0.4 is 5.32 Å². The molecule has 32 heavy (non-hydrogen) atoms. The molecule has 2 aromatic carbocycles. The van der Waals surface area contributed by atoms with Gasteiger partial charge in [0, 0.05) is 17.0 Å². The molecule has 2 aromatic rings. The maximum atomic E-state index is 12.7. The molecule has 2 N–H and O–H groups in total. The number of nitrogens with one attached hydrogen (secondary N) is 1. The van der Waals surface area contributed by atoms with Gasteiger partial charge in [0.1, 0.15) is 0 Å². The predicted molar refractivity (Wildman–Crippen MR) is 136 cm³/mol. The number of hydrogen-bond donors (Lipinski definition) is 2. The van der Waals surface area contributed by atoms with Gasteiger partial charge in [-0.2, -0.15) is 0 Å². The fourth-order valence-electron chi connectivity index (χ4n) is 3.47. The number of hydrogen-bond acceptors (Lipinski definition) is 3. The Morgan fingerprint density at radius 1 is 1.19 bits per heavy atom. The number of rotatable bonds is 11. The first kappa shape index (κ1) is 26.2. The quantitative estimate of drug-likeness (QED) is 0.337. The number of halogens is 2. The summed E-state index contributed by atoms with van der Waals surface area (Å²) in [6.45, 7) is 13.7. The SMILES string of the molecule is C=C(O)C(C)(C)Cc1ccc(CN(CCCC)CC(=O)Nc2ccc(Cl)cc2Cl)cc1C. The van der Waals surface area contributed by atoms with Gasteiger partial charge in [-0.15, -0.1) is 0 Å². The number of allylic oxidation sites excluding steroid dienone is 1. The summed E-state index contributed by atoms with van der Waals surface area (Å²) in [5, 5.41) is 13.7. The Hall–Kier alpha value is -2.01. The van der Waals surface area contributed by atoms with Crippen molar-refractivity contribution in [2.24, 2.45) is 5.41 Å². The molecule has 0 atom stereocenters. The second kappa shape index (κ2) is 11.7. The van der Waals surface area contributed by atoms with Crippen molar-refractivity contribution >= 4 is 34.8 Å². The number of unbranched alkanes of at least 4 members (excludes halogenated alkanes) is 1. The predicted octanol–water partition coefficient (Wildman–Crippen LogP) is 7.18. The van der Waals surface area contributed by atoms with Crippen LogP contribution in [0, 0.1) is 12.3 Å². The number of amides is 1. The number of carbonyl (C=O) groups excluding carboxylic acids is 1. The Morgan fingerprint density at radius 2 is 1.91 bits per heavy atom. The van der Waals surface area contributed by atoms with Gasteiger partial charge in [0.25, 0.3) is 0 Å². The van der Waals surface area contributed by atoms with Gasteiger partial charge in [-0.25, -0.2) is 0 Å². The van der Waals surface area contributed by atoms with Crippen LogP contribution in [-0.4, -0.2) is 29.0 Å². The summed E-state index contributed by atoms with van der Waals surface area (Å²) >= 11 is 12.1. The monoisotopic (exact) mass is 476 g/mol.